The van der Waals surface area contributed by atoms with Crippen molar-refractivity contribution in [1.29, 1.82) is 0 Å². The van der Waals surface area contributed by atoms with Crippen LogP contribution in [-0.4, -0.2) is 22.0 Å². The molecule has 1 heterocycles. The highest BCUT2D eigenvalue weighted by atomic mass is 19.4. The molecule has 150 valence electrons. The van der Waals surface area contributed by atoms with Gasteiger partial charge in [-0.15, -0.1) is 0 Å². The van der Waals surface area contributed by atoms with Crippen molar-refractivity contribution >= 4 is 17.5 Å². The fourth-order valence-electron chi connectivity index (χ4n) is 3.12. The summed E-state index contributed by atoms with van der Waals surface area (Å²) in [6.45, 7) is 0. The zero-order valence-corrected chi connectivity index (χ0v) is 15.0. The largest absolute Gasteiger partial charge is 0.400 e. The van der Waals surface area contributed by atoms with Crippen LogP contribution in [-0.2, 0) is 5.41 Å². The number of carbonyl (C=O) groups excluding carboxylic acids is 1. The fourth-order valence-corrected chi connectivity index (χ4v) is 3.12. The molecule has 0 saturated heterocycles. The van der Waals surface area contributed by atoms with E-state index in [2.05, 4.69) is 15.7 Å². The fraction of sp³-hybridized carbons (Fsp3) is 0.200. The van der Waals surface area contributed by atoms with Crippen LogP contribution < -0.4 is 10.6 Å². The van der Waals surface area contributed by atoms with Crippen LogP contribution in [0.2, 0.25) is 0 Å². The van der Waals surface area contributed by atoms with Gasteiger partial charge >= 0.3 is 12.2 Å². The van der Waals surface area contributed by atoms with Gasteiger partial charge in [-0.2, -0.15) is 18.3 Å². The van der Waals surface area contributed by atoms with Crippen LogP contribution in [0, 0.1) is 5.82 Å². The number of halogens is 4. The summed E-state index contributed by atoms with van der Waals surface area (Å²) in [5.41, 5.74) is -1.42. The summed E-state index contributed by atoms with van der Waals surface area (Å²) >= 11 is 0. The molecule has 1 aliphatic rings. The number of para-hydroxylation sites is 1. The quantitative estimate of drug-likeness (QED) is 0.584. The van der Waals surface area contributed by atoms with Gasteiger partial charge in [0.1, 0.15) is 17.1 Å². The van der Waals surface area contributed by atoms with E-state index in [9.17, 15) is 22.4 Å². The molecule has 9 heteroatoms. The molecule has 2 N–H and O–H groups in total. The highest BCUT2D eigenvalue weighted by Gasteiger charge is 2.65. The SMILES string of the molecule is O=C(Nc1cccc(F)c1)Nc1cc(C2(C(F)(F)F)CC2)nn1-c1ccccc1. The topological polar surface area (TPSA) is 59.0 Å². The smallest absolute Gasteiger partial charge is 0.308 e. The van der Waals surface area contributed by atoms with Gasteiger partial charge in [0, 0.05) is 11.8 Å². The molecule has 4 rings (SSSR count). The molecule has 29 heavy (non-hydrogen) atoms. The minimum Gasteiger partial charge on any atom is -0.308 e. The molecule has 1 aliphatic carbocycles. The van der Waals surface area contributed by atoms with Crippen molar-refractivity contribution in [3.63, 3.8) is 0 Å². The molecule has 0 bridgehead atoms. The third-order valence-electron chi connectivity index (χ3n) is 4.82. The summed E-state index contributed by atoms with van der Waals surface area (Å²) in [6, 6.07) is 14.3. The molecule has 0 spiro atoms. The maximum Gasteiger partial charge on any atom is 0.400 e. The number of alkyl halides is 3. The van der Waals surface area contributed by atoms with E-state index >= 15 is 0 Å². The third-order valence-corrected chi connectivity index (χ3v) is 4.82. The molecule has 2 aromatic carbocycles. The number of rotatable bonds is 4. The molecule has 1 saturated carbocycles. The second-order valence-electron chi connectivity index (χ2n) is 6.83. The van der Waals surface area contributed by atoms with Gasteiger partial charge in [0.05, 0.1) is 11.4 Å². The summed E-state index contributed by atoms with van der Waals surface area (Å²) in [5.74, 6) is -0.448. The first-order valence-electron chi connectivity index (χ1n) is 8.85. The Balaban J connectivity index is 1.65. The Labute approximate surface area is 163 Å². The average molecular weight is 404 g/mol. The van der Waals surface area contributed by atoms with Gasteiger partial charge in [0.2, 0.25) is 0 Å². The van der Waals surface area contributed by atoms with Crippen LogP contribution in [0.4, 0.5) is 33.9 Å². The summed E-state index contributed by atoms with van der Waals surface area (Å²) in [7, 11) is 0. The van der Waals surface area contributed by atoms with E-state index in [4.69, 9.17) is 0 Å². The van der Waals surface area contributed by atoms with Gasteiger partial charge in [0.25, 0.3) is 0 Å². The first kappa shape index (κ1) is 19.0. The number of carbonyl (C=O) groups is 1. The first-order chi connectivity index (χ1) is 13.8. The number of aromatic nitrogens is 2. The van der Waals surface area contributed by atoms with Crippen LogP contribution in [0.15, 0.2) is 60.7 Å². The van der Waals surface area contributed by atoms with E-state index in [1.807, 2.05) is 0 Å². The molecule has 5 nitrogen and oxygen atoms in total. The monoisotopic (exact) mass is 404 g/mol. The van der Waals surface area contributed by atoms with Gasteiger partial charge in [-0.25, -0.2) is 13.9 Å². The molecule has 0 radical (unpaired) electrons. The molecule has 0 aliphatic heterocycles. The van der Waals surface area contributed by atoms with Gasteiger partial charge in [0.15, 0.2) is 0 Å². The maximum absolute atomic E-state index is 13.5. The average Bonchev–Trinajstić information content (AvgIpc) is 3.39. The lowest BCUT2D eigenvalue weighted by molar-refractivity contribution is -0.161. The molecular weight excluding hydrogens is 388 g/mol. The third kappa shape index (κ3) is 3.67. The van der Waals surface area contributed by atoms with E-state index in [0.717, 1.165) is 6.07 Å². The Morgan fingerprint density at radius 2 is 1.72 bits per heavy atom. The number of hydrogen-bond donors (Lipinski definition) is 2. The highest BCUT2D eigenvalue weighted by molar-refractivity contribution is 5.99. The van der Waals surface area contributed by atoms with Crippen LogP contribution in [0.25, 0.3) is 5.69 Å². The molecule has 3 aromatic rings. The predicted molar refractivity (Wildman–Crippen MR) is 99.6 cm³/mol. The minimum atomic E-state index is -4.43. The standard InChI is InChI=1S/C20H16F4N4O/c21-13-5-4-6-14(11-13)25-18(29)26-17-12-16(19(9-10-19)20(22,23)24)27-28(17)15-7-2-1-3-8-15/h1-8,11-12H,9-10H2,(H2,25,26,29). The van der Waals surface area contributed by atoms with E-state index < -0.39 is 23.4 Å². The zero-order chi connectivity index (χ0) is 20.6. The number of anilines is 2. The van der Waals surface area contributed by atoms with Gasteiger partial charge in [-0.1, -0.05) is 24.3 Å². The van der Waals surface area contributed by atoms with E-state index in [0.29, 0.717) is 5.69 Å². The second kappa shape index (κ2) is 6.91. The number of amides is 2. The second-order valence-corrected chi connectivity index (χ2v) is 6.83. The molecule has 2 amide bonds. The van der Waals surface area contributed by atoms with Crippen LogP contribution in [0.3, 0.4) is 0 Å². The summed E-state index contributed by atoms with van der Waals surface area (Å²) < 4.78 is 55.1. The lowest BCUT2D eigenvalue weighted by Crippen LogP contribution is -2.29. The van der Waals surface area contributed by atoms with Crippen LogP contribution >= 0.6 is 0 Å². The van der Waals surface area contributed by atoms with E-state index in [-0.39, 0.29) is 30.0 Å². The first-order valence-corrected chi connectivity index (χ1v) is 8.85. The number of nitrogens with zero attached hydrogens (tertiary/aromatic N) is 2. The van der Waals surface area contributed by atoms with Crippen LogP contribution in [0.5, 0.6) is 0 Å². The normalized spacial score (nSPS) is 15.0. The predicted octanol–water partition coefficient (Wildman–Crippen LogP) is 5.25. The maximum atomic E-state index is 13.5. The van der Waals surface area contributed by atoms with Crippen molar-refractivity contribution in [2.45, 2.75) is 24.4 Å². The van der Waals surface area contributed by atoms with Crippen molar-refractivity contribution in [2.24, 2.45) is 0 Å². The number of nitrogens with one attached hydrogen (secondary N) is 2. The Morgan fingerprint density at radius 1 is 1.00 bits per heavy atom. The zero-order valence-electron chi connectivity index (χ0n) is 15.0. The molecule has 1 fully saturated rings. The van der Waals surface area contributed by atoms with E-state index in [1.165, 1.54) is 28.9 Å². The van der Waals surface area contributed by atoms with Crippen molar-refractivity contribution in [3.05, 3.63) is 72.2 Å². The summed E-state index contributed by atoms with van der Waals surface area (Å²) in [5, 5.41) is 9.11. The van der Waals surface area contributed by atoms with Crippen molar-refractivity contribution in [3.8, 4) is 5.69 Å². The summed E-state index contributed by atoms with van der Waals surface area (Å²) in [4.78, 5) is 12.3. The molecule has 0 unspecified atom stereocenters. The Kier molecular flexibility index (Phi) is 4.52. The lowest BCUT2D eigenvalue weighted by Gasteiger charge is -2.16. The Hall–Kier alpha value is -3.36. The van der Waals surface area contributed by atoms with Crippen LogP contribution in [0.1, 0.15) is 18.5 Å². The van der Waals surface area contributed by atoms with E-state index in [1.54, 1.807) is 30.3 Å². The van der Waals surface area contributed by atoms with Crippen molar-refractivity contribution < 1.29 is 22.4 Å². The Morgan fingerprint density at radius 3 is 2.34 bits per heavy atom. The van der Waals surface area contributed by atoms with Gasteiger partial charge in [-0.3, -0.25) is 5.32 Å². The lowest BCUT2D eigenvalue weighted by atomic mass is 10.0. The number of urea groups is 1. The minimum absolute atomic E-state index is 0.0444. The van der Waals surface area contributed by atoms with Gasteiger partial charge < -0.3 is 5.32 Å². The molecule has 1 aromatic heterocycles. The van der Waals surface area contributed by atoms with Crippen molar-refractivity contribution in [2.75, 3.05) is 10.6 Å². The molecule has 0 atom stereocenters. The summed E-state index contributed by atoms with van der Waals surface area (Å²) in [6.07, 6.45) is -4.52. The highest BCUT2D eigenvalue weighted by Crippen LogP contribution is 2.58. The number of benzene rings is 2. The molecular formula is C20H16F4N4O. The van der Waals surface area contributed by atoms with Crippen molar-refractivity contribution in [1.82, 2.24) is 9.78 Å². The number of hydrogen-bond acceptors (Lipinski definition) is 2. The Bertz CT molecular complexity index is 1040. The van der Waals surface area contributed by atoms with Gasteiger partial charge in [-0.05, 0) is 43.2 Å².